The highest BCUT2D eigenvalue weighted by Gasteiger charge is 2.28. The second kappa shape index (κ2) is 6.22. The molecule has 1 aliphatic rings. The zero-order chi connectivity index (χ0) is 15.6. The van der Waals surface area contributed by atoms with E-state index >= 15 is 0 Å². The van der Waals surface area contributed by atoms with Gasteiger partial charge in [-0.3, -0.25) is 4.79 Å². The van der Waals surface area contributed by atoms with E-state index in [9.17, 15) is 4.79 Å². The van der Waals surface area contributed by atoms with Crippen LogP contribution in [-0.4, -0.2) is 49.9 Å². The van der Waals surface area contributed by atoms with Crippen LogP contribution in [0.15, 0.2) is 18.2 Å². The predicted octanol–water partition coefficient (Wildman–Crippen LogP) is 2.61. The zero-order valence-electron chi connectivity index (χ0n) is 12.8. The summed E-state index contributed by atoms with van der Waals surface area (Å²) in [6, 6.07) is 5.36. The Kier molecular flexibility index (Phi) is 4.76. The Bertz CT molecular complexity index is 522. The highest BCUT2D eigenvalue weighted by atomic mass is 35.5. The minimum atomic E-state index is -0.537. The van der Waals surface area contributed by atoms with Crippen molar-refractivity contribution in [2.24, 2.45) is 0 Å². The molecule has 0 saturated carbocycles. The number of carbonyl (C=O) groups excluding carboxylic acids is 1. The molecular weight excluding hydrogens is 292 g/mol. The van der Waals surface area contributed by atoms with Crippen molar-refractivity contribution in [3.05, 3.63) is 28.8 Å². The predicted molar refractivity (Wildman–Crippen MR) is 82.9 cm³/mol. The lowest BCUT2D eigenvalue weighted by Gasteiger charge is -2.35. The summed E-state index contributed by atoms with van der Waals surface area (Å²) in [5, 5.41) is 3.74. The van der Waals surface area contributed by atoms with Crippen LogP contribution in [0.2, 0.25) is 5.02 Å². The number of carbonyl (C=O) groups is 1. The summed E-state index contributed by atoms with van der Waals surface area (Å²) >= 11 is 6.09. The molecule has 1 saturated heterocycles. The second-order valence-corrected chi connectivity index (χ2v) is 6.16. The maximum absolute atomic E-state index is 12.1. The van der Waals surface area contributed by atoms with Crippen molar-refractivity contribution < 1.29 is 14.3 Å². The molecule has 0 aliphatic carbocycles. The first kappa shape index (κ1) is 16.1. The maximum Gasteiger partial charge on any atom is 0.254 e. The number of nitrogens with one attached hydrogen (secondary N) is 1. The van der Waals surface area contributed by atoms with Gasteiger partial charge in [-0.2, -0.15) is 0 Å². The third kappa shape index (κ3) is 4.09. The van der Waals surface area contributed by atoms with Crippen LogP contribution in [0.1, 0.15) is 24.2 Å². The third-order valence-electron chi connectivity index (χ3n) is 3.24. The summed E-state index contributed by atoms with van der Waals surface area (Å²) in [6.45, 7) is 4.87. The van der Waals surface area contributed by atoms with E-state index in [0.29, 0.717) is 23.8 Å². The van der Waals surface area contributed by atoms with Gasteiger partial charge >= 0.3 is 0 Å². The summed E-state index contributed by atoms with van der Waals surface area (Å²) in [5.41, 5.74) is 1.30. The van der Waals surface area contributed by atoms with Crippen LogP contribution in [0.3, 0.4) is 0 Å². The van der Waals surface area contributed by atoms with E-state index in [1.54, 1.807) is 26.2 Å². The van der Waals surface area contributed by atoms with Gasteiger partial charge in [0.25, 0.3) is 5.91 Å². The molecule has 1 aromatic carbocycles. The number of ether oxygens (including phenoxy) is 2. The third-order valence-corrected chi connectivity index (χ3v) is 3.57. The van der Waals surface area contributed by atoms with Crippen LogP contribution in [0.5, 0.6) is 0 Å². The van der Waals surface area contributed by atoms with E-state index in [2.05, 4.69) is 5.32 Å². The number of halogens is 1. The summed E-state index contributed by atoms with van der Waals surface area (Å²) in [5.74, 6) is -0.662. The molecule has 0 spiro atoms. The van der Waals surface area contributed by atoms with Gasteiger partial charge in [-0.15, -0.1) is 0 Å². The Labute approximate surface area is 130 Å². The molecule has 1 heterocycles. The van der Waals surface area contributed by atoms with Gasteiger partial charge in [0.05, 0.1) is 29.8 Å². The Balaban J connectivity index is 2.08. The Morgan fingerprint density at radius 3 is 2.52 bits per heavy atom. The fourth-order valence-electron chi connectivity index (χ4n) is 2.03. The molecule has 0 unspecified atom stereocenters. The molecule has 1 aliphatic heterocycles. The van der Waals surface area contributed by atoms with Gasteiger partial charge in [-0.1, -0.05) is 11.6 Å². The van der Waals surface area contributed by atoms with E-state index in [0.717, 1.165) is 5.69 Å². The van der Waals surface area contributed by atoms with Gasteiger partial charge in [-0.05, 0) is 32.0 Å². The van der Waals surface area contributed by atoms with Crippen molar-refractivity contribution in [1.29, 1.82) is 0 Å². The molecule has 2 rings (SSSR count). The molecule has 1 aromatic rings. The van der Waals surface area contributed by atoms with Crippen molar-refractivity contribution in [3.8, 4) is 0 Å². The minimum absolute atomic E-state index is 0.0431. The fourth-order valence-corrected chi connectivity index (χ4v) is 2.23. The standard InChI is InChI=1S/C15H21ClN2O3/c1-15(2)20-8-11(9-21-15)17-10-5-6-13(16)12(7-10)14(19)18(3)4/h5-7,11,17H,8-9H2,1-4H3. The topological polar surface area (TPSA) is 50.8 Å². The SMILES string of the molecule is CN(C)C(=O)c1cc(NC2COC(C)(C)OC2)ccc1Cl. The molecule has 1 N–H and O–H groups in total. The molecule has 21 heavy (non-hydrogen) atoms. The van der Waals surface area contributed by atoms with Crippen LogP contribution in [0.25, 0.3) is 0 Å². The maximum atomic E-state index is 12.1. The number of benzene rings is 1. The largest absolute Gasteiger partial charge is 0.378 e. The molecule has 0 aromatic heterocycles. The Hall–Kier alpha value is -1.30. The molecule has 1 fully saturated rings. The van der Waals surface area contributed by atoms with Crippen LogP contribution >= 0.6 is 11.6 Å². The van der Waals surface area contributed by atoms with Gasteiger partial charge in [0.1, 0.15) is 0 Å². The van der Waals surface area contributed by atoms with Crippen molar-refractivity contribution in [1.82, 2.24) is 4.90 Å². The van der Waals surface area contributed by atoms with Crippen molar-refractivity contribution in [2.45, 2.75) is 25.7 Å². The van der Waals surface area contributed by atoms with Crippen molar-refractivity contribution in [3.63, 3.8) is 0 Å². The molecule has 0 bridgehead atoms. The van der Waals surface area contributed by atoms with Crippen LogP contribution in [-0.2, 0) is 9.47 Å². The minimum Gasteiger partial charge on any atom is -0.378 e. The van der Waals surface area contributed by atoms with E-state index in [4.69, 9.17) is 21.1 Å². The lowest BCUT2D eigenvalue weighted by molar-refractivity contribution is -0.247. The van der Waals surface area contributed by atoms with E-state index < -0.39 is 5.79 Å². The molecule has 0 radical (unpaired) electrons. The van der Waals surface area contributed by atoms with Crippen LogP contribution < -0.4 is 5.32 Å². The van der Waals surface area contributed by atoms with Gasteiger partial charge in [0, 0.05) is 19.8 Å². The van der Waals surface area contributed by atoms with E-state index in [1.807, 2.05) is 19.9 Å². The highest BCUT2D eigenvalue weighted by Crippen LogP contribution is 2.24. The number of hydrogen-bond donors (Lipinski definition) is 1. The number of rotatable bonds is 3. The number of nitrogens with zero attached hydrogens (tertiary/aromatic N) is 1. The number of anilines is 1. The molecule has 6 heteroatoms. The molecule has 116 valence electrons. The normalized spacial score (nSPS) is 18.3. The zero-order valence-corrected chi connectivity index (χ0v) is 13.5. The number of hydrogen-bond acceptors (Lipinski definition) is 4. The van der Waals surface area contributed by atoms with Gasteiger partial charge in [0.15, 0.2) is 5.79 Å². The quantitative estimate of drug-likeness (QED) is 0.932. The Morgan fingerprint density at radius 1 is 1.33 bits per heavy atom. The highest BCUT2D eigenvalue weighted by molar-refractivity contribution is 6.34. The first-order chi connectivity index (χ1) is 9.78. The Morgan fingerprint density at radius 2 is 1.95 bits per heavy atom. The van der Waals surface area contributed by atoms with Crippen LogP contribution in [0.4, 0.5) is 5.69 Å². The molecule has 1 amide bonds. The average Bonchev–Trinajstić information content (AvgIpc) is 2.42. The van der Waals surface area contributed by atoms with Gasteiger partial charge in [-0.25, -0.2) is 0 Å². The summed E-state index contributed by atoms with van der Waals surface area (Å²) in [7, 11) is 3.40. The molecule has 0 atom stereocenters. The van der Waals surface area contributed by atoms with Crippen LogP contribution in [0, 0.1) is 0 Å². The monoisotopic (exact) mass is 312 g/mol. The lowest BCUT2D eigenvalue weighted by atomic mass is 10.1. The van der Waals surface area contributed by atoms with E-state index in [-0.39, 0.29) is 11.9 Å². The van der Waals surface area contributed by atoms with Crippen molar-refractivity contribution >= 4 is 23.2 Å². The van der Waals surface area contributed by atoms with Gasteiger partial charge < -0.3 is 19.7 Å². The fraction of sp³-hybridized carbons (Fsp3) is 0.533. The van der Waals surface area contributed by atoms with Crippen molar-refractivity contribution in [2.75, 3.05) is 32.6 Å². The molecular formula is C15H21ClN2O3. The summed E-state index contributed by atoms with van der Waals surface area (Å²) < 4.78 is 11.2. The summed E-state index contributed by atoms with van der Waals surface area (Å²) in [6.07, 6.45) is 0. The van der Waals surface area contributed by atoms with E-state index in [1.165, 1.54) is 4.90 Å². The van der Waals surface area contributed by atoms with Gasteiger partial charge in [0.2, 0.25) is 0 Å². The second-order valence-electron chi connectivity index (χ2n) is 5.76. The smallest absolute Gasteiger partial charge is 0.254 e. The average molecular weight is 313 g/mol. The first-order valence-electron chi connectivity index (χ1n) is 6.84. The number of amides is 1. The lowest BCUT2D eigenvalue weighted by Crippen LogP contribution is -2.45. The first-order valence-corrected chi connectivity index (χ1v) is 7.22. The molecule has 5 nitrogen and oxygen atoms in total. The summed E-state index contributed by atoms with van der Waals surface area (Å²) in [4.78, 5) is 13.6.